The van der Waals surface area contributed by atoms with E-state index in [4.69, 9.17) is 5.73 Å². The number of carbonyl (C=O) groups is 1. The highest BCUT2D eigenvalue weighted by Crippen LogP contribution is 2.19. The Labute approximate surface area is 139 Å². The fourth-order valence-electron chi connectivity index (χ4n) is 2.24. The van der Waals surface area contributed by atoms with Crippen molar-refractivity contribution in [2.75, 3.05) is 6.54 Å². The van der Waals surface area contributed by atoms with E-state index in [9.17, 15) is 20.0 Å². The van der Waals surface area contributed by atoms with Gasteiger partial charge in [-0.15, -0.1) is 0 Å². The third-order valence-electron chi connectivity index (χ3n) is 3.64. The fraction of sp³-hybridized carbons (Fsp3) is 0.235. The molecule has 24 heavy (non-hydrogen) atoms. The van der Waals surface area contributed by atoms with Gasteiger partial charge in [0.15, 0.2) is 0 Å². The Bertz CT molecular complexity index is 689. The SMILES string of the molecule is N[C@@H](C(=O)NCCc1ccccc1)[C@@H](O)c1ccc([N+](=O)[O-])cc1. The lowest BCUT2D eigenvalue weighted by atomic mass is 10.0. The highest BCUT2D eigenvalue weighted by molar-refractivity contribution is 5.82. The minimum atomic E-state index is -1.23. The van der Waals surface area contributed by atoms with E-state index in [-0.39, 0.29) is 5.69 Å². The molecule has 2 atom stereocenters. The number of nitro groups is 1. The second kappa shape index (κ2) is 8.19. The zero-order valence-corrected chi connectivity index (χ0v) is 13.0. The number of amides is 1. The van der Waals surface area contributed by atoms with Crippen LogP contribution in [0.25, 0.3) is 0 Å². The fourth-order valence-corrected chi connectivity index (χ4v) is 2.24. The average Bonchev–Trinajstić information content (AvgIpc) is 2.61. The van der Waals surface area contributed by atoms with Gasteiger partial charge in [0.25, 0.3) is 5.69 Å². The van der Waals surface area contributed by atoms with Crippen LogP contribution in [0.15, 0.2) is 54.6 Å². The standard InChI is InChI=1S/C17H19N3O4/c18-15(16(21)13-6-8-14(9-7-13)20(23)24)17(22)19-11-10-12-4-2-1-3-5-12/h1-9,15-16,21H,10-11,18H2,(H,19,22)/t15-,16+/m1/s1. The smallest absolute Gasteiger partial charge is 0.269 e. The summed E-state index contributed by atoms with van der Waals surface area (Å²) in [5.74, 6) is -0.475. The Kier molecular flexibility index (Phi) is 6.00. The molecule has 0 radical (unpaired) electrons. The maximum atomic E-state index is 12.0. The van der Waals surface area contributed by atoms with E-state index in [1.807, 2.05) is 30.3 Å². The molecule has 0 aliphatic carbocycles. The Morgan fingerprint density at radius 3 is 2.38 bits per heavy atom. The first-order valence-corrected chi connectivity index (χ1v) is 7.48. The predicted octanol–water partition coefficient (Wildman–Crippen LogP) is 1.31. The summed E-state index contributed by atoms with van der Waals surface area (Å²) in [5, 5.41) is 23.4. The highest BCUT2D eigenvalue weighted by atomic mass is 16.6. The predicted molar refractivity (Wildman–Crippen MR) is 89.2 cm³/mol. The summed E-state index contributed by atoms with van der Waals surface area (Å²) in [5.41, 5.74) is 7.12. The first-order valence-electron chi connectivity index (χ1n) is 7.48. The first kappa shape index (κ1) is 17.6. The molecule has 0 spiro atoms. The molecule has 0 saturated carbocycles. The number of benzene rings is 2. The molecule has 0 aromatic heterocycles. The van der Waals surface area contributed by atoms with Crippen LogP contribution in [0.1, 0.15) is 17.2 Å². The maximum Gasteiger partial charge on any atom is 0.269 e. The molecule has 2 aromatic rings. The number of nitro benzene ring substituents is 1. The van der Waals surface area contributed by atoms with Crippen LogP contribution in [0.4, 0.5) is 5.69 Å². The molecule has 0 aliphatic rings. The van der Waals surface area contributed by atoms with Crippen LogP contribution in [0.3, 0.4) is 0 Å². The average molecular weight is 329 g/mol. The summed E-state index contributed by atoms with van der Waals surface area (Å²) in [4.78, 5) is 22.1. The van der Waals surface area contributed by atoms with Crippen LogP contribution >= 0.6 is 0 Å². The van der Waals surface area contributed by atoms with Crippen LogP contribution in [0, 0.1) is 10.1 Å². The number of non-ortho nitro benzene ring substituents is 1. The van der Waals surface area contributed by atoms with Crippen LogP contribution in [-0.4, -0.2) is 28.5 Å². The van der Waals surface area contributed by atoms with Crippen molar-refractivity contribution < 1.29 is 14.8 Å². The molecule has 7 nitrogen and oxygen atoms in total. The van der Waals surface area contributed by atoms with Crippen LogP contribution < -0.4 is 11.1 Å². The van der Waals surface area contributed by atoms with E-state index in [0.717, 1.165) is 5.56 Å². The molecule has 0 heterocycles. The van der Waals surface area contributed by atoms with Gasteiger partial charge in [-0.2, -0.15) is 0 Å². The largest absolute Gasteiger partial charge is 0.386 e. The quantitative estimate of drug-likeness (QED) is 0.523. The van der Waals surface area contributed by atoms with Gasteiger partial charge in [0.1, 0.15) is 12.1 Å². The zero-order chi connectivity index (χ0) is 17.5. The van der Waals surface area contributed by atoms with Crippen molar-refractivity contribution in [3.8, 4) is 0 Å². The topological polar surface area (TPSA) is 118 Å². The zero-order valence-electron chi connectivity index (χ0n) is 13.0. The molecule has 0 fully saturated rings. The van der Waals surface area contributed by atoms with Gasteiger partial charge >= 0.3 is 0 Å². The van der Waals surface area contributed by atoms with Crippen LogP contribution in [-0.2, 0) is 11.2 Å². The van der Waals surface area contributed by atoms with Gasteiger partial charge in [-0.25, -0.2) is 0 Å². The van der Waals surface area contributed by atoms with E-state index in [0.29, 0.717) is 18.5 Å². The Morgan fingerprint density at radius 2 is 1.79 bits per heavy atom. The molecule has 2 rings (SSSR count). The number of rotatable bonds is 7. The molecule has 4 N–H and O–H groups in total. The normalized spacial score (nSPS) is 13.1. The van der Waals surface area contributed by atoms with Gasteiger partial charge < -0.3 is 16.2 Å². The molecule has 7 heteroatoms. The summed E-state index contributed by atoms with van der Waals surface area (Å²) in [6.07, 6.45) is -0.574. The minimum Gasteiger partial charge on any atom is -0.386 e. The number of carbonyl (C=O) groups excluding carboxylic acids is 1. The molecular weight excluding hydrogens is 310 g/mol. The van der Waals surface area contributed by atoms with E-state index in [2.05, 4.69) is 5.32 Å². The summed E-state index contributed by atoms with van der Waals surface area (Å²) in [6, 6.07) is 13.8. The summed E-state index contributed by atoms with van der Waals surface area (Å²) >= 11 is 0. The monoisotopic (exact) mass is 329 g/mol. The molecule has 2 aromatic carbocycles. The van der Waals surface area contributed by atoms with Crippen molar-refractivity contribution in [3.05, 3.63) is 75.8 Å². The number of nitrogens with zero attached hydrogens (tertiary/aromatic N) is 1. The molecule has 0 aliphatic heterocycles. The molecule has 0 saturated heterocycles. The number of hydrogen-bond acceptors (Lipinski definition) is 5. The van der Waals surface area contributed by atoms with Gasteiger partial charge in [-0.05, 0) is 29.7 Å². The first-order chi connectivity index (χ1) is 11.5. The van der Waals surface area contributed by atoms with E-state index < -0.39 is 23.0 Å². The van der Waals surface area contributed by atoms with Gasteiger partial charge in [0, 0.05) is 18.7 Å². The lowest BCUT2D eigenvalue weighted by molar-refractivity contribution is -0.384. The molecule has 0 unspecified atom stereocenters. The van der Waals surface area contributed by atoms with E-state index >= 15 is 0 Å². The Balaban J connectivity index is 1.88. The van der Waals surface area contributed by atoms with Crippen molar-refractivity contribution in [1.82, 2.24) is 5.32 Å². The number of nitrogens with two attached hydrogens (primary N) is 1. The second-order valence-corrected chi connectivity index (χ2v) is 5.35. The molecule has 1 amide bonds. The van der Waals surface area contributed by atoms with Gasteiger partial charge in [-0.3, -0.25) is 14.9 Å². The lowest BCUT2D eigenvalue weighted by Crippen LogP contribution is -2.45. The third kappa shape index (κ3) is 4.61. The van der Waals surface area contributed by atoms with E-state index in [1.54, 1.807) is 0 Å². The third-order valence-corrected chi connectivity index (χ3v) is 3.64. The minimum absolute atomic E-state index is 0.0909. The number of aliphatic hydroxyl groups excluding tert-OH is 1. The van der Waals surface area contributed by atoms with Crippen molar-refractivity contribution in [1.29, 1.82) is 0 Å². The number of hydrogen-bond donors (Lipinski definition) is 3. The summed E-state index contributed by atoms with van der Waals surface area (Å²) in [7, 11) is 0. The van der Waals surface area contributed by atoms with Gasteiger partial charge in [-0.1, -0.05) is 30.3 Å². The van der Waals surface area contributed by atoms with Crippen molar-refractivity contribution in [3.63, 3.8) is 0 Å². The Hall–Kier alpha value is -2.77. The van der Waals surface area contributed by atoms with Crippen LogP contribution in [0.5, 0.6) is 0 Å². The highest BCUT2D eigenvalue weighted by Gasteiger charge is 2.24. The lowest BCUT2D eigenvalue weighted by Gasteiger charge is -2.18. The van der Waals surface area contributed by atoms with Crippen LogP contribution in [0.2, 0.25) is 0 Å². The van der Waals surface area contributed by atoms with E-state index in [1.165, 1.54) is 24.3 Å². The Morgan fingerprint density at radius 1 is 1.17 bits per heavy atom. The van der Waals surface area contributed by atoms with Crippen molar-refractivity contribution >= 4 is 11.6 Å². The maximum absolute atomic E-state index is 12.0. The second-order valence-electron chi connectivity index (χ2n) is 5.35. The van der Waals surface area contributed by atoms with Gasteiger partial charge in [0.2, 0.25) is 5.91 Å². The summed E-state index contributed by atoms with van der Waals surface area (Å²) in [6.45, 7) is 0.406. The molecule has 126 valence electrons. The molecular formula is C17H19N3O4. The number of nitrogens with one attached hydrogen (secondary N) is 1. The van der Waals surface area contributed by atoms with Crippen molar-refractivity contribution in [2.24, 2.45) is 5.73 Å². The molecule has 0 bridgehead atoms. The van der Waals surface area contributed by atoms with Gasteiger partial charge in [0.05, 0.1) is 4.92 Å². The van der Waals surface area contributed by atoms with Crippen molar-refractivity contribution in [2.45, 2.75) is 18.6 Å². The summed E-state index contributed by atoms with van der Waals surface area (Å²) < 4.78 is 0. The number of aliphatic hydroxyl groups is 1.